The van der Waals surface area contributed by atoms with Crippen molar-refractivity contribution in [2.75, 3.05) is 18.4 Å². The summed E-state index contributed by atoms with van der Waals surface area (Å²) in [7, 11) is 0. The lowest BCUT2D eigenvalue weighted by molar-refractivity contribution is -0.384. The van der Waals surface area contributed by atoms with Crippen LogP contribution in [-0.4, -0.2) is 23.9 Å². The van der Waals surface area contributed by atoms with Crippen molar-refractivity contribution in [2.24, 2.45) is 0 Å². The van der Waals surface area contributed by atoms with Gasteiger partial charge in [0.25, 0.3) is 5.69 Å². The first-order valence-corrected chi connectivity index (χ1v) is 7.10. The van der Waals surface area contributed by atoms with Gasteiger partial charge in [-0.25, -0.2) is 0 Å². The Morgan fingerprint density at radius 2 is 2.04 bits per heavy atom. The highest BCUT2D eigenvalue weighted by atomic mass is 79.9. The Morgan fingerprint density at radius 3 is 2.57 bits per heavy atom. The molecule has 1 rings (SSSR count). The number of rotatable bonds is 7. The third-order valence-corrected chi connectivity index (χ3v) is 2.95. The molecule has 0 fully saturated rings. The summed E-state index contributed by atoms with van der Waals surface area (Å²) >= 11 is 3.06. The summed E-state index contributed by atoms with van der Waals surface area (Å²) in [6.45, 7) is 3.80. The molecule has 126 valence electrons. The van der Waals surface area contributed by atoms with Crippen LogP contribution >= 0.6 is 15.9 Å². The van der Waals surface area contributed by atoms with Crippen molar-refractivity contribution >= 4 is 33.2 Å². The molecule has 6 nitrogen and oxygen atoms in total. The Hall–Kier alpha value is -2.10. The zero-order chi connectivity index (χ0) is 17.6. The molecule has 0 bridgehead atoms. The molecule has 0 saturated heterocycles. The van der Waals surface area contributed by atoms with Crippen molar-refractivity contribution in [1.29, 1.82) is 0 Å². The minimum Gasteiger partial charge on any atom is -0.379 e. The van der Waals surface area contributed by atoms with Crippen molar-refractivity contribution < 1.29 is 22.9 Å². The second-order valence-corrected chi connectivity index (χ2v) is 5.58. The van der Waals surface area contributed by atoms with Crippen molar-refractivity contribution in [1.82, 2.24) is 5.32 Å². The zero-order valence-electron chi connectivity index (χ0n) is 11.7. The predicted molar refractivity (Wildman–Crippen MR) is 82.3 cm³/mol. The highest BCUT2D eigenvalue weighted by molar-refractivity contribution is 9.11. The number of halogens is 4. The second kappa shape index (κ2) is 7.95. The Labute approximate surface area is 138 Å². The van der Waals surface area contributed by atoms with Gasteiger partial charge in [-0.1, -0.05) is 22.5 Å². The largest absolute Gasteiger partial charge is 0.416 e. The fourth-order valence-electron chi connectivity index (χ4n) is 1.60. The normalized spacial score (nSPS) is 11.0. The number of carbonyl (C=O) groups is 1. The first-order chi connectivity index (χ1) is 10.6. The molecule has 0 aliphatic heterocycles. The molecule has 1 amide bonds. The summed E-state index contributed by atoms with van der Waals surface area (Å²) in [6, 6.07) is 2.17. The van der Waals surface area contributed by atoms with Crippen LogP contribution in [0.2, 0.25) is 0 Å². The number of benzene rings is 1. The number of anilines is 1. The molecule has 0 unspecified atom stereocenters. The van der Waals surface area contributed by atoms with Crippen LogP contribution in [0.15, 0.2) is 29.3 Å². The van der Waals surface area contributed by atoms with Gasteiger partial charge in [0, 0.05) is 30.1 Å². The topological polar surface area (TPSA) is 84.3 Å². The van der Waals surface area contributed by atoms with Crippen molar-refractivity contribution in [2.45, 2.75) is 12.6 Å². The first kappa shape index (κ1) is 18.9. The minimum absolute atomic E-state index is 0.00153. The van der Waals surface area contributed by atoms with E-state index in [1.54, 1.807) is 0 Å². The number of nitrogens with zero attached hydrogens (tertiary/aromatic N) is 1. The molecule has 1 aromatic carbocycles. The molecule has 0 aromatic heterocycles. The van der Waals surface area contributed by atoms with Crippen LogP contribution in [0, 0.1) is 10.1 Å². The van der Waals surface area contributed by atoms with Crippen LogP contribution < -0.4 is 10.6 Å². The van der Waals surface area contributed by atoms with E-state index in [0.717, 1.165) is 12.1 Å². The van der Waals surface area contributed by atoms with Crippen LogP contribution in [-0.2, 0) is 11.0 Å². The molecule has 10 heteroatoms. The van der Waals surface area contributed by atoms with Crippen molar-refractivity contribution in [3.8, 4) is 0 Å². The SMILES string of the molecule is C=C(Br)CNC(=O)CCNc1ccc(C(F)(F)F)cc1[N+](=O)[O-]. The predicted octanol–water partition coefficient (Wildman–Crippen LogP) is 3.44. The van der Waals surface area contributed by atoms with Gasteiger partial charge >= 0.3 is 6.18 Å². The van der Waals surface area contributed by atoms with Gasteiger partial charge in [0.15, 0.2) is 0 Å². The number of nitrogens with one attached hydrogen (secondary N) is 2. The molecule has 0 saturated carbocycles. The van der Waals surface area contributed by atoms with E-state index in [1.165, 1.54) is 0 Å². The van der Waals surface area contributed by atoms with Crippen LogP contribution in [0.3, 0.4) is 0 Å². The summed E-state index contributed by atoms with van der Waals surface area (Å²) in [5, 5.41) is 16.0. The summed E-state index contributed by atoms with van der Waals surface area (Å²) in [4.78, 5) is 21.4. The minimum atomic E-state index is -4.67. The number of nitro groups is 1. The molecule has 1 aromatic rings. The van der Waals surface area contributed by atoms with Crippen LogP contribution in [0.1, 0.15) is 12.0 Å². The van der Waals surface area contributed by atoms with Crippen LogP contribution in [0.5, 0.6) is 0 Å². The van der Waals surface area contributed by atoms with Gasteiger partial charge in [0.2, 0.25) is 5.91 Å². The maximum atomic E-state index is 12.6. The number of hydrogen-bond donors (Lipinski definition) is 2. The van der Waals surface area contributed by atoms with E-state index in [2.05, 4.69) is 33.1 Å². The lowest BCUT2D eigenvalue weighted by Gasteiger charge is -2.10. The quantitative estimate of drug-likeness (QED) is 0.546. The highest BCUT2D eigenvalue weighted by Crippen LogP contribution is 2.34. The molecule has 0 atom stereocenters. The van der Waals surface area contributed by atoms with Crippen molar-refractivity contribution in [3.05, 3.63) is 44.9 Å². The number of amides is 1. The van der Waals surface area contributed by atoms with Gasteiger partial charge in [-0.05, 0) is 12.1 Å². The molecule has 0 radical (unpaired) electrons. The molecular formula is C13H13BrF3N3O3. The molecule has 0 heterocycles. The van der Waals surface area contributed by atoms with Gasteiger partial charge in [-0.15, -0.1) is 0 Å². The molecule has 0 spiro atoms. The van der Waals surface area contributed by atoms with Gasteiger partial charge < -0.3 is 10.6 Å². The standard InChI is InChI=1S/C13H13BrF3N3O3/c1-8(14)7-19-12(21)4-5-18-10-3-2-9(13(15,16)17)6-11(10)20(22)23/h2-3,6,18H,1,4-5,7H2,(H,19,21). The zero-order valence-corrected chi connectivity index (χ0v) is 13.3. The van der Waals surface area contributed by atoms with E-state index in [9.17, 15) is 28.1 Å². The van der Waals surface area contributed by atoms with E-state index in [0.29, 0.717) is 10.5 Å². The molecule has 2 N–H and O–H groups in total. The van der Waals surface area contributed by atoms with E-state index in [-0.39, 0.29) is 31.1 Å². The molecule has 0 aliphatic rings. The average Bonchev–Trinajstić information content (AvgIpc) is 2.44. The second-order valence-electron chi connectivity index (χ2n) is 4.46. The molecule has 23 heavy (non-hydrogen) atoms. The van der Waals surface area contributed by atoms with E-state index in [4.69, 9.17) is 0 Å². The Bertz CT molecular complexity index is 620. The number of hydrogen-bond acceptors (Lipinski definition) is 4. The lowest BCUT2D eigenvalue weighted by Crippen LogP contribution is -2.26. The van der Waals surface area contributed by atoms with E-state index in [1.807, 2.05) is 0 Å². The van der Waals surface area contributed by atoms with E-state index < -0.39 is 22.4 Å². The third-order valence-electron chi connectivity index (χ3n) is 2.67. The monoisotopic (exact) mass is 395 g/mol. The number of nitro benzene ring substituents is 1. The number of carbonyl (C=O) groups excluding carboxylic acids is 1. The fraction of sp³-hybridized carbons (Fsp3) is 0.308. The molecular weight excluding hydrogens is 383 g/mol. The Kier molecular flexibility index (Phi) is 6.55. The molecule has 0 aliphatic carbocycles. The highest BCUT2D eigenvalue weighted by Gasteiger charge is 2.32. The average molecular weight is 396 g/mol. The van der Waals surface area contributed by atoms with Crippen LogP contribution in [0.4, 0.5) is 24.5 Å². The maximum absolute atomic E-state index is 12.6. The third kappa shape index (κ3) is 6.27. The Morgan fingerprint density at radius 1 is 1.39 bits per heavy atom. The van der Waals surface area contributed by atoms with Gasteiger partial charge in [0.05, 0.1) is 10.5 Å². The lowest BCUT2D eigenvalue weighted by atomic mass is 10.1. The fourth-order valence-corrected chi connectivity index (χ4v) is 1.74. The summed E-state index contributed by atoms with van der Waals surface area (Å²) in [5.41, 5.74) is -1.89. The summed E-state index contributed by atoms with van der Waals surface area (Å²) in [6.07, 6.45) is -4.67. The van der Waals surface area contributed by atoms with Crippen LogP contribution in [0.25, 0.3) is 0 Å². The van der Waals surface area contributed by atoms with Gasteiger partial charge in [0.1, 0.15) is 5.69 Å². The summed E-state index contributed by atoms with van der Waals surface area (Å²) in [5.74, 6) is -0.326. The smallest absolute Gasteiger partial charge is 0.379 e. The number of alkyl halides is 3. The summed E-state index contributed by atoms with van der Waals surface area (Å²) < 4.78 is 38.3. The van der Waals surface area contributed by atoms with E-state index >= 15 is 0 Å². The van der Waals surface area contributed by atoms with Gasteiger partial charge in [-0.2, -0.15) is 13.2 Å². The Balaban J connectivity index is 2.71. The first-order valence-electron chi connectivity index (χ1n) is 6.30. The van der Waals surface area contributed by atoms with Gasteiger partial charge in [-0.3, -0.25) is 14.9 Å². The maximum Gasteiger partial charge on any atom is 0.416 e. The van der Waals surface area contributed by atoms with Crippen molar-refractivity contribution in [3.63, 3.8) is 0 Å².